The van der Waals surface area contributed by atoms with Gasteiger partial charge in [-0.05, 0) is 31.7 Å². The summed E-state index contributed by atoms with van der Waals surface area (Å²) >= 11 is 0. The molecule has 23 heavy (non-hydrogen) atoms. The molecule has 1 aromatic carbocycles. The average Bonchev–Trinajstić information content (AvgIpc) is 2.56. The number of hydrogen-bond donors (Lipinski definition) is 1. The van der Waals surface area contributed by atoms with Crippen LogP contribution in [0.15, 0.2) is 36.7 Å². The van der Waals surface area contributed by atoms with Crippen molar-refractivity contribution in [2.45, 2.75) is 32.6 Å². The molecule has 2 aromatic rings. The molecular formula is C18H22N4O. The maximum absolute atomic E-state index is 12.2. The molecule has 3 rings (SSSR count). The van der Waals surface area contributed by atoms with Gasteiger partial charge in [-0.1, -0.05) is 29.8 Å². The van der Waals surface area contributed by atoms with E-state index in [1.807, 2.05) is 37.3 Å². The molecule has 0 atom stereocenters. The van der Waals surface area contributed by atoms with Crippen LogP contribution in [0, 0.1) is 6.92 Å². The van der Waals surface area contributed by atoms with Gasteiger partial charge in [0.15, 0.2) is 0 Å². The number of benzene rings is 1. The molecule has 1 saturated heterocycles. The minimum absolute atomic E-state index is 0.0566. The number of aromatic nitrogens is 2. The van der Waals surface area contributed by atoms with E-state index >= 15 is 0 Å². The SMILES string of the molecule is Cc1cccc(CC(=O)Nc2cc(N3CCCCC3)ncn2)c1. The summed E-state index contributed by atoms with van der Waals surface area (Å²) in [6, 6.07) is 9.84. The number of rotatable bonds is 4. The van der Waals surface area contributed by atoms with E-state index in [1.54, 1.807) is 0 Å². The molecule has 0 aliphatic carbocycles. The number of amides is 1. The van der Waals surface area contributed by atoms with Crippen LogP contribution in [-0.2, 0) is 11.2 Å². The third-order valence-corrected chi connectivity index (χ3v) is 4.05. The van der Waals surface area contributed by atoms with Gasteiger partial charge in [0.1, 0.15) is 18.0 Å². The molecule has 5 nitrogen and oxygen atoms in total. The first-order valence-corrected chi connectivity index (χ1v) is 8.13. The largest absolute Gasteiger partial charge is 0.356 e. The van der Waals surface area contributed by atoms with Crippen LogP contribution in [-0.4, -0.2) is 29.0 Å². The predicted molar refractivity (Wildman–Crippen MR) is 91.6 cm³/mol. The Morgan fingerprint density at radius 1 is 1.17 bits per heavy atom. The topological polar surface area (TPSA) is 58.1 Å². The summed E-state index contributed by atoms with van der Waals surface area (Å²) in [5.74, 6) is 1.41. The molecule has 1 aromatic heterocycles. The number of piperidine rings is 1. The maximum Gasteiger partial charge on any atom is 0.229 e. The van der Waals surface area contributed by atoms with Crippen LogP contribution in [0.5, 0.6) is 0 Å². The summed E-state index contributed by atoms with van der Waals surface area (Å²) in [5.41, 5.74) is 2.16. The molecule has 120 valence electrons. The van der Waals surface area contributed by atoms with Crippen molar-refractivity contribution in [1.29, 1.82) is 0 Å². The van der Waals surface area contributed by atoms with Gasteiger partial charge in [-0.2, -0.15) is 0 Å². The lowest BCUT2D eigenvalue weighted by molar-refractivity contribution is -0.115. The zero-order chi connectivity index (χ0) is 16.1. The highest BCUT2D eigenvalue weighted by molar-refractivity contribution is 5.91. The van der Waals surface area contributed by atoms with Crippen LogP contribution >= 0.6 is 0 Å². The number of hydrogen-bond acceptors (Lipinski definition) is 4. The van der Waals surface area contributed by atoms with E-state index < -0.39 is 0 Å². The van der Waals surface area contributed by atoms with Crippen LogP contribution in [0.4, 0.5) is 11.6 Å². The zero-order valence-corrected chi connectivity index (χ0v) is 13.5. The van der Waals surface area contributed by atoms with Crippen molar-refractivity contribution in [3.63, 3.8) is 0 Å². The molecule has 0 spiro atoms. The summed E-state index contributed by atoms with van der Waals surface area (Å²) in [7, 11) is 0. The second-order valence-electron chi connectivity index (χ2n) is 6.02. The van der Waals surface area contributed by atoms with Crippen molar-refractivity contribution < 1.29 is 4.79 Å². The summed E-state index contributed by atoms with van der Waals surface area (Å²) in [4.78, 5) is 22.9. The van der Waals surface area contributed by atoms with Crippen molar-refractivity contribution in [3.8, 4) is 0 Å². The van der Waals surface area contributed by atoms with E-state index in [1.165, 1.54) is 25.6 Å². The Morgan fingerprint density at radius 3 is 2.78 bits per heavy atom. The fraction of sp³-hybridized carbons (Fsp3) is 0.389. The molecule has 0 saturated carbocycles. The quantitative estimate of drug-likeness (QED) is 0.943. The standard InChI is InChI=1S/C18H22N4O/c1-14-6-5-7-15(10-14)11-18(23)21-16-12-17(20-13-19-16)22-8-3-2-4-9-22/h5-7,10,12-13H,2-4,8-9,11H2,1H3,(H,19,20,21,23). The van der Waals surface area contributed by atoms with E-state index in [0.717, 1.165) is 30.0 Å². The average molecular weight is 310 g/mol. The van der Waals surface area contributed by atoms with Crippen LogP contribution in [0.25, 0.3) is 0 Å². The monoisotopic (exact) mass is 310 g/mol. The molecule has 0 unspecified atom stereocenters. The summed E-state index contributed by atoms with van der Waals surface area (Å²) < 4.78 is 0. The highest BCUT2D eigenvalue weighted by Crippen LogP contribution is 2.19. The molecule has 0 radical (unpaired) electrons. The molecular weight excluding hydrogens is 288 g/mol. The third-order valence-electron chi connectivity index (χ3n) is 4.05. The molecule has 1 fully saturated rings. The predicted octanol–water partition coefficient (Wildman–Crippen LogP) is 2.96. The number of carbonyl (C=O) groups is 1. The van der Waals surface area contributed by atoms with Crippen LogP contribution in [0.1, 0.15) is 30.4 Å². The van der Waals surface area contributed by atoms with Gasteiger partial charge >= 0.3 is 0 Å². The minimum atomic E-state index is -0.0566. The van der Waals surface area contributed by atoms with Crippen molar-refractivity contribution in [2.75, 3.05) is 23.3 Å². The number of carbonyl (C=O) groups excluding carboxylic acids is 1. The van der Waals surface area contributed by atoms with Crippen molar-refractivity contribution in [2.24, 2.45) is 0 Å². The second kappa shape index (κ2) is 7.22. The van der Waals surface area contributed by atoms with Crippen molar-refractivity contribution >= 4 is 17.5 Å². The first kappa shape index (κ1) is 15.5. The van der Waals surface area contributed by atoms with Gasteiger partial charge in [0.25, 0.3) is 0 Å². The van der Waals surface area contributed by atoms with Gasteiger partial charge in [0.2, 0.25) is 5.91 Å². The zero-order valence-electron chi connectivity index (χ0n) is 13.5. The normalized spacial score (nSPS) is 14.6. The van der Waals surface area contributed by atoms with E-state index in [9.17, 15) is 4.79 Å². The summed E-state index contributed by atoms with van der Waals surface area (Å²) in [5, 5.41) is 2.87. The Bertz CT molecular complexity index is 680. The highest BCUT2D eigenvalue weighted by Gasteiger charge is 2.13. The Balaban J connectivity index is 1.64. The minimum Gasteiger partial charge on any atom is -0.356 e. The molecule has 1 N–H and O–H groups in total. The van der Waals surface area contributed by atoms with E-state index in [-0.39, 0.29) is 5.91 Å². The lowest BCUT2D eigenvalue weighted by Gasteiger charge is -2.27. The summed E-state index contributed by atoms with van der Waals surface area (Å²) in [6.45, 7) is 4.07. The smallest absolute Gasteiger partial charge is 0.229 e. The second-order valence-corrected chi connectivity index (χ2v) is 6.02. The molecule has 1 aliphatic heterocycles. The van der Waals surface area contributed by atoms with Crippen LogP contribution < -0.4 is 10.2 Å². The van der Waals surface area contributed by atoms with E-state index in [0.29, 0.717) is 12.2 Å². The Hall–Kier alpha value is -2.43. The Labute approximate surface area is 136 Å². The first-order valence-electron chi connectivity index (χ1n) is 8.13. The lowest BCUT2D eigenvalue weighted by Crippen LogP contribution is -2.30. The number of nitrogens with one attached hydrogen (secondary N) is 1. The number of aryl methyl sites for hydroxylation is 1. The molecule has 0 bridgehead atoms. The van der Waals surface area contributed by atoms with Crippen LogP contribution in [0.3, 0.4) is 0 Å². The summed E-state index contributed by atoms with van der Waals surface area (Å²) in [6.07, 6.45) is 5.54. The number of anilines is 2. The van der Waals surface area contributed by atoms with Gasteiger partial charge in [0, 0.05) is 19.2 Å². The molecule has 1 amide bonds. The van der Waals surface area contributed by atoms with E-state index in [2.05, 4.69) is 20.2 Å². The Kier molecular flexibility index (Phi) is 4.86. The molecule has 5 heteroatoms. The van der Waals surface area contributed by atoms with Gasteiger partial charge in [-0.3, -0.25) is 4.79 Å². The van der Waals surface area contributed by atoms with Gasteiger partial charge in [0.05, 0.1) is 6.42 Å². The highest BCUT2D eigenvalue weighted by atomic mass is 16.1. The first-order chi connectivity index (χ1) is 11.2. The fourth-order valence-electron chi connectivity index (χ4n) is 2.91. The van der Waals surface area contributed by atoms with Crippen molar-refractivity contribution in [1.82, 2.24) is 9.97 Å². The third kappa shape index (κ3) is 4.28. The molecule has 2 heterocycles. The lowest BCUT2D eigenvalue weighted by atomic mass is 10.1. The van der Waals surface area contributed by atoms with Crippen LogP contribution in [0.2, 0.25) is 0 Å². The van der Waals surface area contributed by atoms with E-state index in [4.69, 9.17) is 0 Å². The van der Waals surface area contributed by atoms with Gasteiger partial charge < -0.3 is 10.2 Å². The van der Waals surface area contributed by atoms with Gasteiger partial charge in [-0.25, -0.2) is 9.97 Å². The Morgan fingerprint density at radius 2 is 2.00 bits per heavy atom. The molecule has 1 aliphatic rings. The number of nitrogens with zero attached hydrogens (tertiary/aromatic N) is 3. The maximum atomic E-state index is 12.2. The van der Waals surface area contributed by atoms with Gasteiger partial charge in [-0.15, -0.1) is 0 Å². The fourth-order valence-corrected chi connectivity index (χ4v) is 2.91. The van der Waals surface area contributed by atoms with Crippen molar-refractivity contribution in [3.05, 3.63) is 47.8 Å².